The van der Waals surface area contributed by atoms with Crippen molar-refractivity contribution < 1.29 is 23.6 Å². The number of methoxy groups -OCH3 is 1. The van der Waals surface area contributed by atoms with Gasteiger partial charge in [-0.25, -0.2) is 4.79 Å². The lowest BCUT2D eigenvalue weighted by atomic mass is 10.2. The summed E-state index contributed by atoms with van der Waals surface area (Å²) >= 11 is 0. The first-order chi connectivity index (χ1) is 11.6. The highest BCUT2D eigenvalue weighted by Crippen LogP contribution is 2.28. The second-order valence-corrected chi connectivity index (χ2v) is 4.97. The Morgan fingerprint density at radius 2 is 2.00 bits per heavy atom. The number of esters is 1. The molecule has 0 N–H and O–H groups in total. The van der Waals surface area contributed by atoms with E-state index in [4.69, 9.17) is 13.9 Å². The number of rotatable bonds is 5. The van der Waals surface area contributed by atoms with Crippen LogP contribution in [-0.2, 0) is 11.3 Å². The van der Waals surface area contributed by atoms with E-state index in [2.05, 4.69) is 0 Å². The highest BCUT2D eigenvalue weighted by Gasteiger charge is 2.18. The summed E-state index contributed by atoms with van der Waals surface area (Å²) in [6, 6.07) is 13.0. The number of nitro benzene ring substituents is 1. The molecule has 2 aromatic carbocycles. The fourth-order valence-electron chi connectivity index (χ4n) is 2.28. The molecule has 24 heavy (non-hydrogen) atoms. The minimum absolute atomic E-state index is 0.00168. The van der Waals surface area contributed by atoms with E-state index in [-0.39, 0.29) is 23.6 Å². The van der Waals surface area contributed by atoms with E-state index in [1.807, 2.05) is 24.3 Å². The summed E-state index contributed by atoms with van der Waals surface area (Å²) in [5, 5.41) is 11.8. The lowest BCUT2D eigenvalue weighted by molar-refractivity contribution is -0.385. The SMILES string of the molecule is COc1cc(C(=O)OCc2cc3ccccc3o2)ccc1[N+](=O)[O-]. The fraction of sp³-hybridized carbons (Fsp3) is 0.118. The van der Waals surface area contributed by atoms with Crippen molar-refractivity contribution in [1.29, 1.82) is 0 Å². The number of carbonyl (C=O) groups is 1. The fourth-order valence-corrected chi connectivity index (χ4v) is 2.28. The molecule has 1 aromatic heterocycles. The van der Waals surface area contributed by atoms with Gasteiger partial charge in [0.15, 0.2) is 5.75 Å². The summed E-state index contributed by atoms with van der Waals surface area (Å²) < 4.78 is 15.7. The minimum Gasteiger partial charge on any atom is -0.490 e. The van der Waals surface area contributed by atoms with E-state index in [9.17, 15) is 14.9 Å². The van der Waals surface area contributed by atoms with Crippen LogP contribution in [0.15, 0.2) is 52.9 Å². The Morgan fingerprint density at radius 1 is 1.21 bits per heavy atom. The predicted octanol–water partition coefficient (Wildman–Crippen LogP) is 3.71. The third-order valence-electron chi connectivity index (χ3n) is 3.43. The summed E-state index contributed by atoms with van der Waals surface area (Å²) in [5.41, 5.74) is 0.653. The van der Waals surface area contributed by atoms with Gasteiger partial charge in [-0.3, -0.25) is 10.1 Å². The number of nitro groups is 1. The molecular formula is C17H13NO6. The maximum atomic E-state index is 12.1. The zero-order valence-corrected chi connectivity index (χ0v) is 12.7. The molecule has 122 valence electrons. The quantitative estimate of drug-likeness (QED) is 0.403. The van der Waals surface area contributed by atoms with Crippen LogP contribution < -0.4 is 4.74 Å². The molecule has 0 bridgehead atoms. The summed E-state index contributed by atoms with van der Waals surface area (Å²) in [4.78, 5) is 22.4. The van der Waals surface area contributed by atoms with E-state index in [1.165, 1.54) is 25.3 Å². The van der Waals surface area contributed by atoms with Crippen LogP contribution in [0.25, 0.3) is 11.0 Å². The minimum atomic E-state index is -0.622. The normalized spacial score (nSPS) is 10.5. The number of carbonyl (C=O) groups excluding carboxylic acids is 1. The number of hydrogen-bond donors (Lipinski definition) is 0. The summed E-state index contributed by atoms with van der Waals surface area (Å²) in [6.07, 6.45) is 0. The van der Waals surface area contributed by atoms with Crippen LogP contribution in [0.3, 0.4) is 0 Å². The molecule has 0 aliphatic heterocycles. The van der Waals surface area contributed by atoms with Crippen LogP contribution in [0.2, 0.25) is 0 Å². The Labute approximate surface area is 136 Å². The van der Waals surface area contributed by atoms with Crippen LogP contribution in [0, 0.1) is 10.1 Å². The number of para-hydroxylation sites is 1. The zero-order chi connectivity index (χ0) is 17.1. The molecule has 0 fully saturated rings. The Hall–Kier alpha value is -3.35. The van der Waals surface area contributed by atoms with Gasteiger partial charge in [0, 0.05) is 17.5 Å². The van der Waals surface area contributed by atoms with Crippen molar-refractivity contribution >= 4 is 22.6 Å². The van der Waals surface area contributed by atoms with E-state index in [0.29, 0.717) is 11.3 Å². The molecule has 7 heteroatoms. The van der Waals surface area contributed by atoms with Crippen LogP contribution in [0.4, 0.5) is 5.69 Å². The summed E-state index contributed by atoms with van der Waals surface area (Å²) in [5.74, 6) is -0.111. The Bertz CT molecular complexity index is 881. The van der Waals surface area contributed by atoms with E-state index < -0.39 is 10.9 Å². The van der Waals surface area contributed by atoms with E-state index in [0.717, 1.165) is 5.39 Å². The number of furan rings is 1. The smallest absolute Gasteiger partial charge is 0.338 e. The van der Waals surface area contributed by atoms with Crippen molar-refractivity contribution in [2.75, 3.05) is 7.11 Å². The van der Waals surface area contributed by atoms with Crippen molar-refractivity contribution in [1.82, 2.24) is 0 Å². The van der Waals surface area contributed by atoms with Gasteiger partial charge in [-0.1, -0.05) is 18.2 Å². The lowest BCUT2D eigenvalue weighted by Gasteiger charge is -2.05. The number of fused-ring (bicyclic) bond motifs is 1. The Morgan fingerprint density at radius 3 is 2.71 bits per heavy atom. The molecule has 0 aliphatic rings. The van der Waals surface area contributed by atoms with Crippen LogP contribution in [0.5, 0.6) is 5.75 Å². The molecule has 0 saturated carbocycles. The second-order valence-electron chi connectivity index (χ2n) is 4.97. The summed E-state index contributed by atoms with van der Waals surface area (Å²) in [7, 11) is 1.30. The first-order valence-corrected chi connectivity index (χ1v) is 7.05. The topological polar surface area (TPSA) is 91.8 Å². The molecule has 7 nitrogen and oxygen atoms in total. The number of benzene rings is 2. The first kappa shape index (κ1) is 15.5. The van der Waals surface area contributed by atoms with E-state index >= 15 is 0 Å². The van der Waals surface area contributed by atoms with Crippen molar-refractivity contribution in [3.63, 3.8) is 0 Å². The molecule has 3 aromatic rings. The van der Waals surface area contributed by atoms with Crippen LogP contribution >= 0.6 is 0 Å². The van der Waals surface area contributed by atoms with Gasteiger partial charge in [0.1, 0.15) is 18.0 Å². The average molecular weight is 327 g/mol. The Balaban J connectivity index is 1.73. The maximum absolute atomic E-state index is 12.1. The third kappa shape index (κ3) is 3.05. The molecule has 0 saturated heterocycles. The molecule has 0 aliphatic carbocycles. The molecule has 0 unspecified atom stereocenters. The third-order valence-corrected chi connectivity index (χ3v) is 3.43. The predicted molar refractivity (Wildman–Crippen MR) is 85.0 cm³/mol. The largest absolute Gasteiger partial charge is 0.490 e. The molecule has 3 rings (SSSR count). The first-order valence-electron chi connectivity index (χ1n) is 7.05. The second kappa shape index (κ2) is 6.41. The van der Waals surface area contributed by atoms with Crippen molar-refractivity contribution in [3.8, 4) is 5.75 Å². The molecular weight excluding hydrogens is 314 g/mol. The molecule has 1 heterocycles. The van der Waals surface area contributed by atoms with Gasteiger partial charge in [-0.2, -0.15) is 0 Å². The molecule has 0 amide bonds. The standard InChI is InChI=1S/C17H13NO6/c1-22-16-9-12(6-7-14(16)18(20)21)17(19)23-10-13-8-11-4-2-3-5-15(11)24-13/h2-9H,10H2,1H3. The zero-order valence-electron chi connectivity index (χ0n) is 12.7. The van der Waals surface area contributed by atoms with Gasteiger partial charge in [0.2, 0.25) is 0 Å². The highest BCUT2D eigenvalue weighted by atomic mass is 16.6. The van der Waals surface area contributed by atoms with E-state index in [1.54, 1.807) is 6.07 Å². The molecule has 0 spiro atoms. The van der Waals surface area contributed by atoms with Crippen molar-refractivity contribution in [3.05, 3.63) is 70.0 Å². The monoisotopic (exact) mass is 327 g/mol. The van der Waals surface area contributed by atoms with Gasteiger partial charge in [0.25, 0.3) is 0 Å². The van der Waals surface area contributed by atoms with Crippen molar-refractivity contribution in [2.24, 2.45) is 0 Å². The molecule has 0 atom stereocenters. The molecule has 0 radical (unpaired) electrons. The van der Waals surface area contributed by atoms with Gasteiger partial charge in [-0.05, 0) is 18.2 Å². The maximum Gasteiger partial charge on any atom is 0.338 e. The number of ether oxygens (including phenoxy) is 2. The van der Waals surface area contributed by atoms with Crippen molar-refractivity contribution in [2.45, 2.75) is 6.61 Å². The van der Waals surface area contributed by atoms with Gasteiger partial charge < -0.3 is 13.9 Å². The van der Waals surface area contributed by atoms with Gasteiger partial charge >= 0.3 is 11.7 Å². The lowest BCUT2D eigenvalue weighted by Crippen LogP contribution is -2.06. The highest BCUT2D eigenvalue weighted by molar-refractivity contribution is 5.90. The van der Waals surface area contributed by atoms with Crippen LogP contribution in [0.1, 0.15) is 16.1 Å². The number of hydrogen-bond acceptors (Lipinski definition) is 6. The van der Waals surface area contributed by atoms with Gasteiger partial charge in [-0.15, -0.1) is 0 Å². The van der Waals surface area contributed by atoms with Crippen LogP contribution in [-0.4, -0.2) is 18.0 Å². The average Bonchev–Trinajstić information content (AvgIpc) is 3.01. The number of nitrogens with zero attached hydrogens (tertiary/aromatic N) is 1. The Kier molecular flexibility index (Phi) is 4.15. The van der Waals surface area contributed by atoms with Gasteiger partial charge in [0.05, 0.1) is 17.6 Å². The summed E-state index contributed by atoms with van der Waals surface area (Å²) in [6.45, 7) is -0.0349.